The van der Waals surface area contributed by atoms with Crippen LogP contribution in [0.2, 0.25) is 0 Å². The van der Waals surface area contributed by atoms with Crippen molar-refractivity contribution >= 4 is 33.4 Å². The lowest BCUT2D eigenvalue weighted by Crippen LogP contribution is -2.15. The van der Waals surface area contributed by atoms with Gasteiger partial charge in [0.25, 0.3) is 5.91 Å². The normalized spacial score (nSPS) is 10.8. The molecule has 3 aromatic carbocycles. The van der Waals surface area contributed by atoms with E-state index in [0.29, 0.717) is 56.1 Å². The summed E-state index contributed by atoms with van der Waals surface area (Å²) in [5.74, 6) is 1.34. The summed E-state index contributed by atoms with van der Waals surface area (Å²) < 4.78 is 21.4. The Morgan fingerprint density at radius 1 is 0.781 bits per heavy atom. The van der Waals surface area contributed by atoms with Crippen LogP contribution < -0.4 is 29.7 Å². The lowest BCUT2D eigenvalue weighted by molar-refractivity contribution is 0.102. The molecule has 0 bridgehead atoms. The zero-order valence-corrected chi connectivity index (χ0v) is 18.1. The number of carbonyl (C=O) groups is 1. The molecule has 0 aliphatic rings. The van der Waals surface area contributed by atoms with Crippen molar-refractivity contribution in [2.75, 3.05) is 33.8 Å². The number of pyridine rings is 1. The minimum Gasteiger partial charge on any atom is -0.495 e. The van der Waals surface area contributed by atoms with Crippen LogP contribution in [0.1, 0.15) is 10.4 Å². The minimum absolute atomic E-state index is 0.185. The van der Waals surface area contributed by atoms with E-state index in [1.54, 1.807) is 48.5 Å². The average molecular weight is 434 g/mol. The molecule has 2 N–H and O–H groups in total. The second kappa shape index (κ2) is 8.50. The Balaban J connectivity index is 1.84. The van der Waals surface area contributed by atoms with Gasteiger partial charge in [0.1, 0.15) is 5.75 Å². The molecule has 1 aromatic heterocycles. The molecule has 164 valence electrons. The molecule has 0 aliphatic heterocycles. The number of para-hydroxylation sites is 2. The lowest BCUT2D eigenvalue weighted by Gasteiger charge is -2.15. The predicted octanol–water partition coefficient (Wildman–Crippen LogP) is 3.97. The van der Waals surface area contributed by atoms with Crippen LogP contribution in [0.15, 0.2) is 53.3 Å². The first kappa shape index (κ1) is 21.0. The van der Waals surface area contributed by atoms with Crippen LogP contribution in [0.5, 0.6) is 23.0 Å². The Morgan fingerprint density at radius 3 is 1.97 bits per heavy atom. The van der Waals surface area contributed by atoms with E-state index in [-0.39, 0.29) is 5.43 Å². The Hall–Kier alpha value is -4.20. The molecule has 32 heavy (non-hydrogen) atoms. The standard InChI is InChI=1S/C24H22N2O6/c1-29-17-10-6-8-15-21(17)26-20-14(22(15)27)7-5-9-16(20)24(28)25-13-11-18(30-2)23(32-4)19(12-13)31-3/h5-12H,1-4H3,(H,25,28)(H,26,27). The summed E-state index contributed by atoms with van der Waals surface area (Å²) in [6.45, 7) is 0. The molecule has 0 unspecified atom stereocenters. The number of anilines is 1. The highest BCUT2D eigenvalue weighted by Crippen LogP contribution is 2.40. The molecule has 0 radical (unpaired) electrons. The van der Waals surface area contributed by atoms with E-state index in [1.165, 1.54) is 28.4 Å². The Kier molecular flexibility index (Phi) is 5.59. The van der Waals surface area contributed by atoms with Gasteiger partial charge in [0.05, 0.1) is 45.0 Å². The SMILES string of the molecule is COc1cc(NC(=O)c2cccc3c(=O)c4cccc(OC)c4[nH]c23)cc(OC)c1OC. The number of methoxy groups -OCH3 is 4. The summed E-state index contributed by atoms with van der Waals surface area (Å²) in [7, 11) is 6.03. The van der Waals surface area contributed by atoms with Gasteiger partial charge in [-0.25, -0.2) is 0 Å². The number of hydrogen-bond acceptors (Lipinski definition) is 6. The van der Waals surface area contributed by atoms with Crippen molar-refractivity contribution in [2.45, 2.75) is 0 Å². The third-order valence-corrected chi connectivity index (χ3v) is 5.22. The van der Waals surface area contributed by atoms with Crippen molar-refractivity contribution in [1.82, 2.24) is 4.98 Å². The number of aromatic nitrogens is 1. The Bertz CT molecular complexity index is 1370. The first-order chi connectivity index (χ1) is 15.5. The molecule has 4 rings (SSSR count). The van der Waals surface area contributed by atoms with Crippen molar-refractivity contribution in [2.24, 2.45) is 0 Å². The van der Waals surface area contributed by atoms with Crippen molar-refractivity contribution in [3.05, 3.63) is 64.3 Å². The predicted molar refractivity (Wildman–Crippen MR) is 123 cm³/mol. The number of carbonyl (C=O) groups excluding carboxylic acids is 1. The number of nitrogens with one attached hydrogen (secondary N) is 2. The second-order valence-electron chi connectivity index (χ2n) is 6.93. The highest BCUT2D eigenvalue weighted by atomic mass is 16.5. The third kappa shape index (κ3) is 3.45. The topological polar surface area (TPSA) is 98.9 Å². The third-order valence-electron chi connectivity index (χ3n) is 5.22. The number of rotatable bonds is 6. The lowest BCUT2D eigenvalue weighted by atomic mass is 10.1. The molecular weight excluding hydrogens is 412 g/mol. The number of amides is 1. The van der Waals surface area contributed by atoms with Gasteiger partial charge in [0.15, 0.2) is 16.9 Å². The van der Waals surface area contributed by atoms with Crippen LogP contribution in [0.3, 0.4) is 0 Å². The average Bonchev–Trinajstić information content (AvgIpc) is 2.82. The van der Waals surface area contributed by atoms with E-state index in [4.69, 9.17) is 18.9 Å². The monoisotopic (exact) mass is 434 g/mol. The van der Waals surface area contributed by atoms with Gasteiger partial charge >= 0.3 is 0 Å². The summed E-state index contributed by atoms with van der Waals surface area (Å²) in [5, 5.41) is 3.73. The van der Waals surface area contributed by atoms with Gasteiger partial charge in [-0.05, 0) is 24.3 Å². The fourth-order valence-corrected chi connectivity index (χ4v) is 3.71. The summed E-state index contributed by atoms with van der Waals surface area (Å²) in [6, 6.07) is 13.5. The first-order valence-electron chi connectivity index (χ1n) is 9.75. The van der Waals surface area contributed by atoms with Crippen LogP contribution in [0.4, 0.5) is 5.69 Å². The van der Waals surface area contributed by atoms with Crippen LogP contribution in [-0.4, -0.2) is 39.3 Å². The van der Waals surface area contributed by atoms with Gasteiger partial charge in [0, 0.05) is 28.6 Å². The molecule has 0 fully saturated rings. The van der Waals surface area contributed by atoms with E-state index in [9.17, 15) is 9.59 Å². The van der Waals surface area contributed by atoms with Gasteiger partial charge in [0.2, 0.25) is 5.75 Å². The molecule has 0 spiro atoms. The summed E-state index contributed by atoms with van der Waals surface area (Å²) in [5.41, 5.74) is 1.51. The van der Waals surface area contributed by atoms with Crippen molar-refractivity contribution < 1.29 is 23.7 Å². The number of ether oxygens (including phenoxy) is 4. The molecule has 8 nitrogen and oxygen atoms in total. The van der Waals surface area contributed by atoms with Crippen LogP contribution >= 0.6 is 0 Å². The van der Waals surface area contributed by atoms with E-state index in [0.717, 1.165) is 0 Å². The molecule has 0 saturated carbocycles. The quantitative estimate of drug-likeness (QED) is 0.446. The van der Waals surface area contributed by atoms with Crippen molar-refractivity contribution in [3.63, 3.8) is 0 Å². The highest BCUT2D eigenvalue weighted by molar-refractivity contribution is 6.13. The van der Waals surface area contributed by atoms with Crippen molar-refractivity contribution in [3.8, 4) is 23.0 Å². The molecule has 0 atom stereocenters. The largest absolute Gasteiger partial charge is 0.495 e. The van der Waals surface area contributed by atoms with Gasteiger partial charge < -0.3 is 29.2 Å². The van der Waals surface area contributed by atoms with E-state index in [2.05, 4.69) is 10.3 Å². The molecule has 4 aromatic rings. The molecule has 0 aliphatic carbocycles. The van der Waals surface area contributed by atoms with E-state index < -0.39 is 5.91 Å². The fraction of sp³-hybridized carbons (Fsp3) is 0.167. The fourth-order valence-electron chi connectivity index (χ4n) is 3.71. The maximum Gasteiger partial charge on any atom is 0.257 e. The van der Waals surface area contributed by atoms with Crippen LogP contribution in [0, 0.1) is 0 Å². The first-order valence-corrected chi connectivity index (χ1v) is 9.75. The maximum absolute atomic E-state index is 13.2. The maximum atomic E-state index is 13.2. The molecule has 1 heterocycles. The smallest absolute Gasteiger partial charge is 0.257 e. The van der Waals surface area contributed by atoms with Crippen LogP contribution in [0.25, 0.3) is 21.8 Å². The molecule has 0 saturated heterocycles. The van der Waals surface area contributed by atoms with Gasteiger partial charge in [-0.1, -0.05) is 12.1 Å². The van der Waals surface area contributed by atoms with Crippen molar-refractivity contribution in [1.29, 1.82) is 0 Å². The van der Waals surface area contributed by atoms with Gasteiger partial charge in [-0.2, -0.15) is 0 Å². The van der Waals surface area contributed by atoms with Crippen LogP contribution in [-0.2, 0) is 0 Å². The van der Waals surface area contributed by atoms with Gasteiger partial charge in [-0.15, -0.1) is 0 Å². The number of H-pyrrole nitrogens is 1. The summed E-state index contributed by atoms with van der Waals surface area (Å²) in [6.07, 6.45) is 0. The molecule has 8 heteroatoms. The zero-order chi connectivity index (χ0) is 22.8. The highest BCUT2D eigenvalue weighted by Gasteiger charge is 2.18. The zero-order valence-electron chi connectivity index (χ0n) is 18.1. The van der Waals surface area contributed by atoms with Gasteiger partial charge in [-0.3, -0.25) is 9.59 Å². The summed E-state index contributed by atoms with van der Waals surface area (Å²) >= 11 is 0. The van der Waals surface area contributed by atoms with E-state index >= 15 is 0 Å². The number of benzene rings is 3. The number of aromatic amines is 1. The molecular formula is C24H22N2O6. The number of hydrogen-bond donors (Lipinski definition) is 2. The second-order valence-corrected chi connectivity index (χ2v) is 6.93. The van der Waals surface area contributed by atoms with E-state index in [1.807, 2.05) is 0 Å². The minimum atomic E-state index is -0.408. The Morgan fingerprint density at radius 2 is 1.38 bits per heavy atom. The Labute approximate surface area is 183 Å². The molecule has 1 amide bonds. The number of fused-ring (bicyclic) bond motifs is 2. The summed E-state index contributed by atoms with van der Waals surface area (Å²) in [4.78, 5) is 29.5.